The van der Waals surface area contributed by atoms with E-state index in [0.29, 0.717) is 0 Å². The molecule has 1 heterocycles. The summed E-state index contributed by atoms with van der Waals surface area (Å²) in [7, 11) is -3.31. The van der Waals surface area contributed by atoms with Crippen molar-refractivity contribution in [3.8, 4) is 6.07 Å². The molecule has 0 aromatic carbocycles. The first-order valence-corrected chi connectivity index (χ1v) is 8.55. The van der Waals surface area contributed by atoms with E-state index >= 15 is 0 Å². The summed E-state index contributed by atoms with van der Waals surface area (Å²) in [5.74, 6) is 0.298. The van der Waals surface area contributed by atoms with Crippen LogP contribution >= 0.6 is 0 Å². The van der Waals surface area contributed by atoms with Gasteiger partial charge in [0.2, 0.25) is 10.0 Å². The summed E-state index contributed by atoms with van der Waals surface area (Å²) in [6.07, 6.45) is 3.59. The Morgan fingerprint density at radius 1 is 1.26 bits per heavy atom. The molecule has 1 aliphatic heterocycles. The van der Waals surface area contributed by atoms with E-state index in [-0.39, 0.29) is 36.5 Å². The highest BCUT2D eigenvalue weighted by Crippen LogP contribution is 2.32. The Kier molecular flexibility index (Phi) is 4.49. The number of nitriles is 1. The van der Waals surface area contributed by atoms with Crippen molar-refractivity contribution >= 4 is 10.0 Å². The first-order valence-electron chi connectivity index (χ1n) is 6.94. The molecule has 0 aromatic rings. The maximum atomic E-state index is 12.4. The highest BCUT2D eigenvalue weighted by molar-refractivity contribution is 7.89. The van der Waals surface area contributed by atoms with Crippen molar-refractivity contribution in [1.29, 1.82) is 5.26 Å². The Hall–Kier alpha value is -0.640. The lowest BCUT2D eigenvalue weighted by atomic mass is 9.94. The summed E-state index contributed by atoms with van der Waals surface area (Å²) < 4.78 is 31.9. The van der Waals surface area contributed by atoms with Gasteiger partial charge in [-0.1, -0.05) is 0 Å². The van der Waals surface area contributed by atoms with Crippen LogP contribution in [0.15, 0.2) is 0 Å². The van der Waals surface area contributed by atoms with Gasteiger partial charge in [0.05, 0.1) is 24.0 Å². The SMILES string of the molecule is C[C@@H]1CC(CS(=O)(=O)N(CC#N)C2CC2)C[C@H](C)O1. The Balaban J connectivity index is 2.01. The maximum Gasteiger partial charge on any atom is 0.215 e. The fourth-order valence-electron chi connectivity index (χ4n) is 2.96. The van der Waals surface area contributed by atoms with Crippen LogP contribution in [0.4, 0.5) is 0 Å². The number of ether oxygens (including phenoxy) is 1. The number of hydrogen-bond acceptors (Lipinski definition) is 4. The summed E-state index contributed by atoms with van der Waals surface area (Å²) >= 11 is 0. The second-order valence-electron chi connectivity index (χ2n) is 5.81. The van der Waals surface area contributed by atoms with E-state index in [4.69, 9.17) is 10.00 Å². The molecule has 1 saturated carbocycles. The molecule has 0 N–H and O–H groups in total. The lowest BCUT2D eigenvalue weighted by Crippen LogP contribution is -2.40. The summed E-state index contributed by atoms with van der Waals surface area (Å²) in [6, 6.07) is 2.04. The molecule has 2 fully saturated rings. The largest absolute Gasteiger partial charge is 0.376 e. The first-order chi connectivity index (χ1) is 8.92. The van der Waals surface area contributed by atoms with E-state index in [0.717, 1.165) is 25.7 Å². The van der Waals surface area contributed by atoms with Crippen LogP contribution in [0.1, 0.15) is 39.5 Å². The van der Waals surface area contributed by atoms with E-state index in [2.05, 4.69) is 0 Å². The molecule has 6 heteroatoms. The standard InChI is InChI=1S/C13H22N2O3S/c1-10-7-12(8-11(2)18-10)9-19(16,17)15(6-5-14)13-3-4-13/h10-13H,3-4,6-9H2,1-2H3/t10-,11+,12?. The Morgan fingerprint density at radius 3 is 2.32 bits per heavy atom. The smallest absolute Gasteiger partial charge is 0.215 e. The molecule has 1 saturated heterocycles. The minimum Gasteiger partial charge on any atom is -0.376 e. The molecule has 1 unspecified atom stereocenters. The van der Waals surface area contributed by atoms with Crippen molar-refractivity contribution in [3.05, 3.63) is 0 Å². The molecule has 2 rings (SSSR count). The van der Waals surface area contributed by atoms with Crippen LogP contribution in [-0.2, 0) is 14.8 Å². The number of nitrogens with zero attached hydrogens (tertiary/aromatic N) is 2. The molecule has 0 bridgehead atoms. The average Bonchev–Trinajstić information content (AvgIpc) is 3.07. The van der Waals surface area contributed by atoms with Gasteiger partial charge in [-0.3, -0.25) is 0 Å². The zero-order valence-corrected chi connectivity index (χ0v) is 12.4. The third kappa shape index (κ3) is 3.91. The second kappa shape index (κ2) is 5.78. The lowest BCUT2D eigenvalue weighted by molar-refractivity contribution is -0.0480. The molecule has 2 aliphatic rings. The van der Waals surface area contributed by atoms with Crippen molar-refractivity contribution in [2.45, 2.75) is 57.8 Å². The maximum absolute atomic E-state index is 12.4. The van der Waals surface area contributed by atoms with Crippen LogP contribution < -0.4 is 0 Å². The van der Waals surface area contributed by atoms with Crippen molar-refractivity contribution in [2.75, 3.05) is 12.3 Å². The molecule has 19 heavy (non-hydrogen) atoms. The van der Waals surface area contributed by atoms with Crippen molar-refractivity contribution in [3.63, 3.8) is 0 Å². The fraction of sp³-hybridized carbons (Fsp3) is 0.923. The third-order valence-electron chi connectivity index (χ3n) is 3.78. The molecule has 5 nitrogen and oxygen atoms in total. The Bertz CT molecular complexity index is 443. The van der Waals surface area contributed by atoms with Crippen LogP contribution in [0.3, 0.4) is 0 Å². The highest BCUT2D eigenvalue weighted by atomic mass is 32.2. The Labute approximate surface area is 115 Å². The molecule has 3 atom stereocenters. The van der Waals surface area contributed by atoms with Gasteiger partial charge in [0, 0.05) is 6.04 Å². The zero-order valence-electron chi connectivity index (χ0n) is 11.6. The van der Waals surface area contributed by atoms with Crippen LogP contribution in [0.5, 0.6) is 0 Å². The van der Waals surface area contributed by atoms with Gasteiger partial charge < -0.3 is 4.74 Å². The van der Waals surface area contributed by atoms with Gasteiger partial charge in [-0.05, 0) is 45.4 Å². The van der Waals surface area contributed by atoms with Crippen LogP contribution in [0.2, 0.25) is 0 Å². The third-order valence-corrected chi connectivity index (χ3v) is 5.81. The van der Waals surface area contributed by atoms with Crippen LogP contribution in [-0.4, -0.2) is 43.3 Å². The predicted octanol–water partition coefficient (Wildman–Crippen LogP) is 1.51. The minimum absolute atomic E-state index is 0.0126. The van der Waals surface area contributed by atoms with Gasteiger partial charge in [-0.15, -0.1) is 0 Å². The monoisotopic (exact) mass is 286 g/mol. The summed E-state index contributed by atoms with van der Waals surface area (Å²) in [4.78, 5) is 0. The van der Waals surface area contributed by atoms with Gasteiger partial charge in [0.1, 0.15) is 6.54 Å². The van der Waals surface area contributed by atoms with E-state index in [1.54, 1.807) is 0 Å². The average molecular weight is 286 g/mol. The van der Waals surface area contributed by atoms with Crippen molar-refractivity contribution < 1.29 is 13.2 Å². The van der Waals surface area contributed by atoms with E-state index in [9.17, 15) is 8.42 Å². The number of sulfonamides is 1. The highest BCUT2D eigenvalue weighted by Gasteiger charge is 2.39. The molecular weight excluding hydrogens is 264 g/mol. The van der Waals surface area contributed by atoms with Crippen LogP contribution in [0, 0.1) is 17.2 Å². The Morgan fingerprint density at radius 2 is 1.84 bits per heavy atom. The minimum atomic E-state index is -3.31. The summed E-state index contributed by atoms with van der Waals surface area (Å²) in [5.41, 5.74) is 0. The van der Waals surface area contributed by atoms with Gasteiger partial charge in [-0.2, -0.15) is 9.57 Å². The summed E-state index contributed by atoms with van der Waals surface area (Å²) in [6.45, 7) is 3.97. The van der Waals surface area contributed by atoms with Gasteiger partial charge in [0.25, 0.3) is 0 Å². The topological polar surface area (TPSA) is 70.4 Å². The first kappa shape index (κ1) is 14.8. The van der Waals surface area contributed by atoms with Crippen molar-refractivity contribution in [1.82, 2.24) is 4.31 Å². The van der Waals surface area contributed by atoms with Gasteiger partial charge in [-0.25, -0.2) is 8.42 Å². The zero-order chi connectivity index (χ0) is 14.0. The molecule has 0 aromatic heterocycles. The van der Waals surface area contributed by atoms with E-state index < -0.39 is 10.0 Å². The molecule has 108 valence electrons. The quantitative estimate of drug-likeness (QED) is 0.718. The number of rotatable bonds is 5. The van der Waals surface area contributed by atoms with Crippen molar-refractivity contribution in [2.24, 2.45) is 5.92 Å². The second-order valence-corrected chi connectivity index (χ2v) is 7.77. The lowest BCUT2D eigenvalue weighted by Gasteiger charge is -2.33. The fourth-order valence-corrected chi connectivity index (χ4v) is 4.94. The van der Waals surface area contributed by atoms with Gasteiger partial charge in [0.15, 0.2) is 0 Å². The normalized spacial score (nSPS) is 32.2. The van der Waals surface area contributed by atoms with Crippen LogP contribution in [0.25, 0.3) is 0 Å². The van der Waals surface area contributed by atoms with Gasteiger partial charge >= 0.3 is 0 Å². The number of hydrogen-bond donors (Lipinski definition) is 0. The predicted molar refractivity (Wildman–Crippen MR) is 71.9 cm³/mol. The molecular formula is C13H22N2O3S. The van der Waals surface area contributed by atoms with E-state index in [1.807, 2.05) is 19.9 Å². The molecule has 0 spiro atoms. The molecule has 0 radical (unpaired) electrons. The molecule has 1 aliphatic carbocycles. The molecule has 0 amide bonds. The summed E-state index contributed by atoms with van der Waals surface area (Å²) in [5, 5.41) is 8.79. The van der Waals surface area contributed by atoms with E-state index in [1.165, 1.54) is 4.31 Å².